The Bertz CT molecular complexity index is 546. The van der Waals surface area contributed by atoms with E-state index >= 15 is 0 Å². The lowest BCUT2D eigenvalue weighted by atomic mass is 10.1. The van der Waals surface area contributed by atoms with Crippen molar-refractivity contribution in [3.8, 4) is 6.07 Å². The quantitative estimate of drug-likeness (QED) is 0.780. The molecule has 92 valence electrons. The monoisotopic (exact) mass is 253 g/mol. The van der Waals surface area contributed by atoms with Crippen LogP contribution in [0.3, 0.4) is 0 Å². The summed E-state index contributed by atoms with van der Waals surface area (Å²) in [7, 11) is -3.04. The van der Waals surface area contributed by atoms with Gasteiger partial charge in [0.05, 0.1) is 17.0 Å². The van der Waals surface area contributed by atoms with Crippen LogP contribution in [0.5, 0.6) is 0 Å². The average molecular weight is 253 g/mol. The van der Waals surface area contributed by atoms with Gasteiger partial charge in [0.1, 0.15) is 15.9 Å². The lowest BCUT2D eigenvalue weighted by Gasteiger charge is -2.15. The molecule has 1 aromatic rings. The van der Waals surface area contributed by atoms with E-state index in [0.717, 1.165) is 0 Å². The van der Waals surface area contributed by atoms with Gasteiger partial charge in [-0.05, 0) is 25.1 Å². The highest BCUT2D eigenvalue weighted by molar-refractivity contribution is 7.90. The molecule has 1 aromatic carbocycles. The van der Waals surface area contributed by atoms with E-state index in [1.807, 2.05) is 6.07 Å². The molecule has 5 nitrogen and oxygen atoms in total. The molecule has 6 heteroatoms. The van der Waals surface area contributed by atoms with Crippen molar-refractivity contribution in [2.24, 2.45) is 0 Å². The molecule has 0 fully saturated rings. The Morgan fingerprint density at radius 1 is 1.53 bits per heavy atom. The number of rotatable bonds is 4. The van der Waals surface area contributed by atoms with Crippen LogP contribution in [0.4, 0.5) is 11.4 Å². The van der Waals surface area contributed by atoms with E-state index in [1.54, 1.807) is 25.1 Å². The van der Waals surface area contributed by atoms with Gasteiger partial charge in [-0.3, -0.25) is 0 Å². The van der Waals surface area contributed by atoms with Crippen LogP contribution in [0.1, 0.15) is 12.5 Å². The molecule has 1 rings (SSSR count). The SMILES string of the molecule is CC(CS(C)(=O)=O)Nc1ccc(N)cc1C#N. The summed E-state index contributed by atoms with van der Waals surface area (Å²) in [4.78, 5) is 0. The van der Waals surface area contributed by atoms with Crippen molar-refractivity contribution in [2.75, 3.05) is 23.1 Å². The van der Waals surface area contributed by atoms with Gasteiger partial charge in [-0.2, -0.15) is 5.26 Å². The van der Waals surface area contributed by atoms with Crippen LogP contribution in [0, 0.1) is 11.3 Å². The number of anilines is 2. The fourth-order valence-corrected chi connectivity index (χ4v) is 2.53. The fraction of sp³-hybridized carbons (Fsp3) is 0.364. The van der Waals surface area contributed by atoms with Crippen molar-refractivity contribution in [3.63, 3.8) is 0 Å². The number of nitrogens with zero attached hydrogens (tertiary/aromatic N) is 1. The van der Waals surface area contributed by atoms with Crippen LogP contribution < -0.4 is 11.1 Å². The number of hydrogen-bond acceptors (Lipinski definition) is 5. The molecule has 17 heavy (non-hydrogen) atoms. The number of nitrogens with one attached hydrogen (secondary N) is 1. The molecule has 0 bridgehead atoms. The number of benzene rings is 1. The third-order valence-corrected chi connectivity index (χ3v) is 3.22. The second-order valence-corrected chi connectivity index (χ2v) is 6.24. The van der Waals surface area contributed by atoms with Crippen LogP contribution in [0.25, 0.3) is 0 Å². The summed E-state index contributed by atoms with van der Waals surface area (Å²) in [5.74, 6) is 0.0161. The number of nitrogens with two attached hydrogens (primary N) is 1. The maximum Gasteiger partial charge on any atom is 0.149 e. The minimum Gasteiger partial charge on any atom is -0.399 e. The third kappa shape index (κ3) is 4.33. The van der Waals surface area contributed by atoms with Crippen LogP contribution >= 0.6 is 0 Å². The highest BCUT2D eigenvalue weighted by Gasteiger charge is 2.12. The predicted molar refractivity (Wildman–Crippen MR) is 68.4 cm³/mol. The normalized spacial score (nSPS) is 12.8. The highest BCUT2D eigenvalue weighted by Crippen LogP contribution is 2.18. The molecule has 0 aromatic heterocycles. The molecule has 0 aliphatic heterocycles. The Morgan fingerprint density at radius 2 is 2.18 bits per heavy atom. The zero-order valence-corrected chi connectivity index (χ0v) is 10.6. The Kier molecular flexibility index (Phi) is 3.97. The smallest absolute Gasteiger partial charge is 0.149 e. The largest absolute Gasteiger partial charge is 0.399 e. The van der Waals surface area contributed by atoms with Gasteiger partial charge in [-0.1, -0.05) is 0 Å². The van der Waals surface area contributed by atoms with Gasteiger partial charge >= 0.3 is 0 Å². The Labute approximate surface area is 101 Å². The first kappa shape index (κ1) is 13.3. The molecule has 0 aliphatic carbocycles. The van der Waals surface area contributed by atoms with E-state index in [4.69, 9.17) is 11.0 Å². The summed E-state index contributed by atoms with van der Waals surface area (Å²) >= 11 is 0. The maximum atomic E-state index is 11.1. The number of sulfone groups is 1. The summed E-state index contributed by atoms with van der Waals surface area (Å²) in [5, 5.41) is 11.9. The lowest BCUT2D eigenvalue weighted by molar-refractivity contribution is 0.598. The van der Waals surface area contributed by atoms with Gasteiger partial charge in [0.15, 0.2) is 0 Å². The first-order valence-electron chi connectivity index (χ1n) is 5.05. The highest BCUT2D eigenvalue weighted by atomic mass is 32.2. The van der Waals surface area contributed by atoms with E-state index in [0.29, 0.717) is 16.9 Å². The van der Waals surface area contributed by atoms with Crippen LogP contribution in [-0.4, -0.2) is 26.5 Å². The van der Waals surface area contributed by atoms with Crippen molar-refractivity contribution >= 4 is 21.2 Å². The van der Waals surface area contributed by atoms with Crippen molar-refractivity contribution in [1.29, 1.82) is 5.26 Å². The first-order chi connectivity index (χ1) is 7.81. The summed E-state index contributed by atoms with van der Waals surface area (Å²) in [6, 6.07) is 6.64. The lowest BCUT2D eigenvalue weighted by Crippen LogP contribution is -2.25. The van der Waals surface area contributed by atoms with Crippen molar-refractivity contribution < 1.29 is 8.42 Å². The second kappa shape index (κ2) is 5.06. The van der Waals surface area contributed by atoms with E-state index in [-0.39, 0.29) is 11.8 Å². The van der Waals surface area contributed by atoms with Crippen molar-refractivity contribution in [2.45, 2.75) is 13.0 Å². The summed E-state index contributed by atoms with van der Waals surface area (Å²) in [5.41, 5.74) is 7.07. The topological polar surface area (TPSA) is 96.0 Å². The molecule has 1 unspecified atom stereocenters. The van der Waals surface area contributed by atoms with Gasteiger partial charge in [-0.25, -0.2) is 8.42 Å². The van der Waals surface area contributed by atoms with Crippen LogP contribution in [-0.2, 0) is 9.84 Å². The van der Waals surface area contributed by atoms with Crippen molar-refractivity contribution in [3.05, 3.63) is 23.8 Å². The molecular weight excluding hydrogens is 238 g/mol. The van der Waals surface area contributed by atoms with E-state index in [1.165, 1.54) is 6.26 Å². The van der Waals surface area contributed by atoms with Gasteiger partial charge in [0, 0.05) is 18.0 Å². The van der Waals surface area contributed by atoms with Crippen LogP contribution in [0.15, 0.2) is 18.2 Å². The standard InChI is InChI=1S/C11H15N3O2S/c1-8(7-17(2,15)16)14-11-4-3-10(13)5-9(11)6-12/h3-5,8,14H,7,13H2,1-2H3. The molecule has 0 amide bonds. The average Bonchev–Trinajstić information content (AvgIpc) is 2.17. The Balaban J connectivity index is 2.86. The molecule has 0 radical (unpaired) electrons. The minimum absolute atomic E-state index is 0.0161. The number of nitrogen functional groups attached to an aromatic ring is 1. The van der Waals surface area contributed by atoms with Gasteiger partial charge in [0.25, 0.3) is 0 Å². The molecule has 0 aliphatic rings. The molecule has 3 N–H and O–H groups in total. The minimum atomic E-state index is -3.04. The molecule has 0 heterocycles. The summed E-state index contributed by atoms with van der Waals surface area (Å²) in [6.07, 6.45) is 1.18. The Morgan fingerprint density at radius 3 is 2.71 bits per heavy atom. The van der Waals surface area contributed by atoms with Gasteiger partial charge in [0.2, 0.25) is 0 Å². The molecular formula is C11H15N3O2S. The van der Waals surface area contributed by atoms with E-state index < -0.39 is 9.84 Å². The zero-order valence-electron chi connectivity index (χ0n) is 9.77. The molecule has 0 spiro atoms. The maximum absolute atomic E-state index is 11.1. The molecule has 0 saturated carbocycles. The molecule has 0 saturated heterocycles. The second-order valence-electron chi connectivity index (χ2n) is 4.05. The van der Waals surface area contributed by atoms with Gasteiger partial charge < -0.3 is 11.1 Å². The third-order valence-electron chi connectivity index (χ3n) is 2.12. The van der Waals surface area contributed by atoms with Gasteiger partial charge in [-0.15, -0.1) is 0 Å². The zero-order chi connectivity index (χ0) is 13.1. The van der Waals surface area contributed by atoms with E-state index in [2.05, 4.69) is 5.32 Å². The fourth-order valence-electron chi connectivity index (χ4n) is 1.54. The predicted octanol–water partition coefficient (Wildman–Crippen LogP) is 0.985. The summed E-state index contributed by atoms with van der Waals surface area (Å²) in [6.45, 7) is 1.75. The molecule has 1 atom stereocenters. The van der Waals surface area contributed by atoms with Crippen LogP contribution in [0.2, 0.25) is 0 Å². The first-order valence-corrected chi connectivity index (χ1v) is 7.12. The number of hydrogen-bond donors (Lipinski definition) is 2. The number of nitriles is 1. The Hall–Kier alpha value is -1.74. The van der Waals surface area contributed by atoms with Crippen molar-refractivity contribution in [1.82, 2.24) is 0 Å². The summed E-state index contributed by atoms with van der Waals surface area (Å²) < 4.78 is 22.2. The van der Waals surface area contributed by atoms with E-state index in [9.17, 15) is 8.42 Å².